The summed E-state index contributed by atoms with van der Waals surface area (Å²) in [6, 6.07) is 2.22. The van der Waals surface area contributed by atoms with Crippen LogP contribution in [0, 0.1) is 0 Å². The molecule has 0 atom stereocenters. The summed E-state index contributed by atoms with van der Waals surface area (Å²) in [5.41, 5.74) is -1.23. The van der Waals surface area contributed by atoms with Crippen molar-refractivity contribution in [2.45, 2.75) is 19.3 Å². The van der Waals surface area contributed by atoms with Gasteiger partial charge in [0.15, 0.2) is 0 Å². The average Bonchev–Trinajstić information content (AvgIpc) is 2.77. The molecule has 0 unspecified atom stereocenters. The number of pyridine rings is 1. The number of hydrogen-bond acceptors (Lipinski definition) is 4. The minimum atomic E-state index is -4.54. The van der Waals surface area contributed by atoms with E-state index >= 15 is 0 Å². The van der Waals surface area contributed by atoms with Gasteiger partial charge in [-0.2, -0.15) is 18.3 Å². The number of alkyl halides is 3. The normalized spacial score (nSPS) is 11.5. The van der Waals surface area contributed by atoms with Gasteiger partial charge in [0.1, 0.15) is 18.6 Å². The second kappa shape index (κ2) is 6.00. The van der Waals surface area contributed by atoms with E-state index in [1.54, 1.807) is 0 Å². The van der Waals surface area contributed by atoms with Crippen molar-refractivity contribution in [1.82, 2.24) is 24.6 Å². The average molecular weight is 315 g/mol. The van der Waals surface area contributed by atoms with Crippen LogP contribution < -0.4 is 11.0 Å². The second-order valence-corrected chi connectivity index (χ2v) is 4.51. The number of aromatic nitrogens is 4. The van der Waals surface area contributed by atoms with Gasteiger partial charge in [0.05, 0.1) is 0 Å². The molecule has 7 nitrogen and oxygen atoms in total. The molecule has 2 aromatic rings. The molecular formula is C12H12F3N5O2. The largest absolute Gasteiger partial charge is 0.433 e. The molecule has 22 heavy (non-hydrogen) atoms. The van der Waals surface area contributed by atoms with Crippen molar-refractivity contribution in [3.05, 3.63) is 46.4 Å². The van der Waals surface area contributed by atoms with E-state index in [4.69, 9.17) is 0 Å². The monoisotopic (exact) mass is 315 g/mol. The lowest BCUT2D eigenvalue weighted by molar-refractivity contribution is -0.141. The highest BCUT2D eigenvalue weighted by Gasteiger charge is 2.32. The summed E-state index contributed by atoms with van der Waals surface area (Å²) in [4.78, 5) is 26.4. The third-order valence-corrected chi connectivity index (χ3v) is 2.78. The van der Waals surface area contributed by atoms with Crippen molar-refractivity contribution < 1.29 is 18.0 Å². The van der Waals surface area contributed by atoms with Crippen LogP contribution in [0.2, 0.25) is 0 Å². The van der Waals surface area contributed by atoms with Gasteiger partial charge in [-0.15, -0.1) is 0 Å². The van der Waals surface area contributed by atoms with Gasteiger partial charge in [-0.3, -0.25) is 14.3 Å². The van der Waals surface area contributed by atoms with E-state index in [0.717, 1.165) is 16.9 Å². The van der Waals surface area contributed by atoms with Crippen LogP contribution in [-0.4, -0.2) is 25.2 Å². The number of aryl methyl sites for hydroxylation is 1. The third kappa shape index (κ3) is 3.71. The Morgan fingerprint density at radius 2 is 2.14 bits per heavy atom. The highest BCUT2D eigenvalue weighted by Crippen LogP contribution is 2.27. The molecule has 0 aromatic carbocycles. The molecule has 0 saturated heterocycles. The fourth-order valence-corrected chi connectivity index (χ4v) is 1.66. The third-order valence-electron chi connectivity index (χ3n) is 2.78. The number of hydrogen-bond donors (Lipinski definition) is 1. The van der Waals surface area contributed by atoms with Gasteiger partial charge in [0.2, 0.25) is 5.91 Å². The van der Waals surface area contributed by atoms with Gasteiger partial charge in [0, 0.05) is 19.8 Å². The van der Waals surface area contributed by atoms with E-state index in [1.165, 1.54) is 24.0 Å². The van der Waals surface area contributed by atoms with Crippen LogP contribution in [0.15, 0.2) is 29.5 Å². The van der Waals surface area contributed by atoms with E-state index in [1.807, 2.05) is 0 Å². The summed E-state index contributed by atoms with van der Waals surface area (Å²) in [7, 11) is 1.49. The Kier molecular flexibility index (Phi) is 4.29. The number of nitrogens with zero attached hydrogens (tertiary/aromatic N) is 4. The van der Waals surface area contributed by atoms with Crippen LogP contribution in [0.4, 0.5) is 13.2 Å². The minimum absolute atomic E-state index is 0.105. The highest BCUT2D eigenvalue weighted by molar-refractivity contribution is 5.75. The summed E-state index contributed by atoms with van der Waals surface area (Å²) in [5.74, 6) is -0.536. The molecule has 2 heterocycles. The minimum Gasteiger partial charge on any atom is -0.350 e. The summed E-state index contributed by atoms with van der Waals surface area (Å²) >= 11 is 0. The molecule has 0 aliphatic carbocycles. The molecule has 2 rings (SSSR count). The highest BCUT2D eigenvalue weighted by atomic mass is 19.4. The summed E-state index contributed by atoms with van der Waals surface area (Å²) in [6.45, 7) is -0.414. The molecule has 0 aliphatic rings. The van der Waals surface area contributed by atoms with Crippen molar-refractivity contribution in [2.75, 3.05) is 0 Å². The lowest BCUT2D eigenvalue weighted by Crippen LogP contribution is -2.33. The molecule has 0 saturated carbocycles. The lowest BCUT2D eigenvalue weighted by Gasteiger charge is -2.08. The number of carbonyl (C=O) groups excluding carboxylic acids is 1. The Balaban J connectivity index is 1.97. The number of rotatable bonds is 4. The molecule has 0 fully saturated rings. The van der Waals surface area contributed by atoms with E-state index in [9.17, 15) is 22.8 Å². The molecule has 0 aliphatic heterocycles. The maximum Gasteiger partial charge on any atom is 0.433 e. The van der Waals surface area contributed by atoms with Crippen LogP contribution in [0.3, 0.4) is 0 Å². The SMILES string of the molecule is Cn1cnn(CC(=O)NCc2ccnc(C(F)(F)F)c2)c1=O. The second-order valence-electron chi connectivity index (χ2n) is 4.51. The fourth-order valence-electron chi connectivity index (χ4n) is 1.66. The first-order valence-electron chi connectivity index (χ1n) is 6.14. The zero-order valence-corrected chi connectivity index (χ0v) is 11.5. The number of amides is 1. The maximum atomic E-state index is 12.5. The summed E-state index contributed by atoms with van der Waals surface area (Å²) in [5, 5.41) is 6.12. The molecule has 0 radical (unpaired) electrons. The van der Waals surface area contributed by atoms with Crippen LogP contribution in [0.1, 0.15) is 11.3 Å². The van der Waals surface area contributed by atoms with Crippen LogP contribution in [0.5, 0.6) is 0 Å². The van der Waals surface area contributed by atoms with E-state index in [0.29, 0.717) is 0 Å². The quantitative estimate of drug-likeness (QED) is 0.880. The van der Waals surface area contributed by atoms with Crippen LogP contribution in [-0.2, 0) is 31.1 Å². The van der Waals surface area contributed by atoms with Crippen molar-refractivity contribution in [2.24, 2.45) is 7.05 Å². The van der Waals surface area contributed by atoms with Gasteiger partial charge < -0.3 is 5.32 Å². The first-order valence-corrected chi connectivity index (χ1v) is 6.14. The summed E-state index contributed by atoms with van der Waals surface area (Å²) < 4.78 is 39.7. The Morgan fingerprint density at radius 1 is 1.41 bits per heavy atom. The van der Waals surface area contributed by atoms with Crippen molar-refractivity contribution in [3.8, 4) is 0 Å². The van der Waals surface area contributed by atoms with E-state index in [2.05, 4.69) is 15.4 Å². The topological polar surface area (TPSA) is 81.8 Å². The van der Waals surface area contributed by atoms with Crippen LogP contribution >= 0.6 is 0 Å². The van der Waals surface area contributed by atoms with Crippen LogP contribution in [0.25, 0.3) is 0 Å². The number of nitrogens with one attached hydrogen (secondary N) is 1. The first kappa shape index (κ1) is 15.7. The van der Waals surface area contributed by atoms with Gasteiger partial charge in [-0.05, 0) is 17.7 Å². The van der Waals surface area contributed by atoms with Gasteiger partial charge in [0.25, 0.3) is 0 Å². The molecule has 1 N–H and O–H groups in total. The smallest absolute Gasteiger partial charge is 0.350 e. The zero-order valence-electron chi connectivity index (χ0n) is 11.5. The Morgan fingerprint density at radius 3 is 2.73 bits per heavy atom. The van der Waals surface area contributed by atoms with Crippen molar-refractivity contribution >= 4 is 5.91 Å². The standard InChI is InChI=1S/C12H12F3N5O2/c1-19-7-18-20(11(19)22)6-10(21)17-5-8-2-3-16-9(4-8)12(13,14)15/h2-4,7H,5-6H2,1H3,(H,17,21). The first-order chi connectivity index (χ1) is 10.3. The number of halogens is 3. The molecule has 0 bridgehead atoms. The Bertz CT molecular complexity index is 735. The summed E-state index contributed by atoms with van der Waals surface area (Å²) in [6.07, 6.45) is -2.26. The Labute approximate surface area is 122 Å². The zero-order chi connectivity index (χ0) is 16.3. The van der Waals surface area contributed by atoms with Crippen molar-refractivity contribution in [3.63, 3.8) is 0 Å². The van der Waals surface area contributed by atoms with E-state index < -0.39 is 23.5 Å². The predicted octanol–water partition coefficient (Wildman–Crippen LogP) is 0.312. The molecule has 0 spiro atoms. The molecule has 118 valence electrons. The van der Waals surface area contributed by atoms with Crippen molar-refractivity contribution in [1.29, 1.82) is 0 Å². The van der Waals surface area contributed by atoms with E-state index in [-0.39, 0.29) is 18.7 Å². The van der Waals surface area contributed by atoms with Gasteiger partial charge in [-0.25, -0.2) is 9.48 Å². The number of carbonyl (C=O) groups is 1. The maximum absolute atomic E-state index is 12.5. The molecule has 1 amide bonds. The Hall–Kier alpha value is -2.65. The molecule has 10 heteroatoms. The predicted molar refractivity (Wildman–Crippen MR) is 68.6 cm³/mol. The molecule has 2 aromatic heterocycles. The van der Waals surface area contributed by atoms with Gasteiger partial charge >= 0.3 is 11.9 Å². The van der Waals surface area contributed by atoms with Gasteiger partial charge in [-0.1, -0.05) is 0 Å². The lowest BCUT2D eigenvalue weighted by atomic mass is 10.2. The fraction of sp³-hybridized carbons (Fsp3) is 0.333. The molecular weight excluding hydrogens is 303 g/mol.